The first-order chi connectivity index (χ1) is 12.9. The number of pyridine rings is 1. The first-order valence-corrected chi connectivity index (χ1v) is 10.2. The minimum absolute atomic E-state index is 0.136. The van der Waals surface area contributed by atoms with Crippen LogP contribution in [0.4, 0.5) is 0 Å². The van der Waals surface area contributed by atoms with Crippen molar-refractivity contribution in [2.75, 3.05) is 6.54 Å². The normalized spacial score (nSPS) is 13.4. The van der Waals surface area contributed by atoms with E-state index in [1.807, 2.05) is 6.92 Å². The van der Waals surface area contributed by atoms with Crippen LogP contribution in [0.25, 0.3) is 0 Å². The van der Waals surface area contributed by atoms with Crippen molar-refractivity contribution in [2.24, 2.45) is 0 Å². The molecular weight excluding hydrogens is 366 g/mol. The molecular formula is C19H23N3O4S. The van der Waals surface area contributed by atoms with E-state index >= 15 is 0 Å². The first-order valence-electron chi connectivity index (χ1n) is 8.63. The first kappa shape index (κ1) is 20.6. The Balaban J connectivity index is 2.23. The lowest BCUT2D eigenvalue weighted by Crippen LogP contribution is -2.45. The second-order valence-corrected chi connectivity index (χ2v) is 8.26. The minimum atomic E-state index is -3.79. The molecule has 8 heteroatoms. The van der Waals surface area contributed by atoms with E-state index in [4.69, 9.17) is 0 Å². The van der Waals surface area contributed by atoms with Crippen molar-refractivity contribution in [3.05, 3.63) is 60.4 Å². The number of sulfone groups is 1. The molecule has 0 fully saturated rings. The Morgan fingerprint density at radius 3 is 2.37 bits per heavy atom. The van der Waals surface area contributed by atoms with Gasteiger partial charge < -0.3 is 10.6 Å². The van der Waals surface area contributed by atoms with Crippen molar-refractivity contribution in [1.82, 2.24) is 15.6 Å². The average molecular weight is 389 g/mol. The highest BCUT2D eigenvalue weighted by molar-refractivity contribution is 7.91. The second kappa shape index (κ2) is 9.27. The number of nitrogens with zero attached hydrogens (tertiary/aromatic N) is 1. The van der Waals surface area contributed by atoms with Gasteiger partial charge in [-0.05, 0) is 37.1 Å². The molecule has 0 unspecified atom stereocenters. The fourth-order valence-corrected chi connectivity index (χ4v) is 4.07. The molecule has 1 heterocycles. The van der Waals surface area contributed by atoms with Crippen LogP contribution in [-0.4, -0.2) is 37.8 Å². The summed E-state index contributed by atoms with van der Waals surface area (Å²) in [6, 6.07) is 11.1. The Bertz CT molecular complexity index is 870. The van der Waals surface area contributed by atoms with E-state index in [1.165, 1.54) is 24.5 Å². The third-order valence-corrected chi connectivity index (χ3v) is 6.26. The minimum Gasteiger partial charge on any atom is -0.346 e. The molecule has 2 aromatic rings. The van der Waals surface area contributed by atoms with E-state index in [-0.39, 0.29) is 17.5 Å². The van der Waals surface area contributed by atoms with Gasteiger partial charge in [-0.3, -0.25) is 14.6 Å². The smallest absolute Gasteiger partial charge is 0.309 e. The maximum absolute atomic E-state index is 13.1. The van der Waals surface area contributed by atoms with Crippen LogP contribution in [0, 0.1) is 0 Å². The SMILES string of the molecule is CC[C@@H](C)NC(=O)C(=O)NC[C@H](c1cccnc1)S(=O)(=O)c1ccccc1. The summed E-state index contributed by atoms with van der Waals surface area (Å²) in [7, 11) is -3.79. The summed E-state index contributed by atoms with van der Waals surface area (Å²) in [6.07, 6.45) is 3.66. The summed E-state index contributed by atoms with van der Waals surface area (Å²) < 4.78 is 26.1. The van der Waals surface area contributed by atoms with Crippen LogP contribution >= 0.6 is 0 Å². The number of benzene rings is 1. The Morgan fingerprint density at radius 1 is 1.07 bits per heavy atom. The lowest BCUT2D eigenvalue weighted by atomic mass is 10.2. The highest BCUT2D eigenvalue weighted by Gasteiger charge is 2.30. The Kier molecular flexibility index (Phi) is 7.06. The fourth-order valence-electron chi connectivity index (χ4n) is 2.40. The van der Waals surface area contributed by atoms with Crippen LogP contribution in [0.3, 0.4) is 0 Å². The van der Waals surface area contributed by atoms with Crippen molar-refractivity contribution < 1.29 is 18.0 Å². The predicted molar refractivity (Wildman–Crippen MR) is 102 cm³/mol. The van der Waals surface area contributed by atoms with Crippen LogP contribution < -0.4 is 10.6 Å². The van der Waals surface area contributed by atoms with Gasteiger partial charge in [0, 0.05) is 25.0 Å². The predicted octanol–water partition coefficient (Wildman–Crippen LogP) is 1.63. The highest BCUT2D eigenvalue weighted by Crippen LogP contribution is 2.27. The Labute approximate surface area is 159 Å². The summed E-state index contributed by atoms with van der Waals surface area (Å²) in [4.78, 5) is 28.1. The Morgan fingerprint density at radius 2 is 1.78 bits per heavy atom. The van der Waals surface area contributed by atoms with Gasteiger partial charge in [0.25, 0.3) is 0 Å². The highest BCUT2D eigenvalue weighted by atomic mass is 32.2. The summed E-state index contributed by atoms with van der Waals surface area (Å²) in [6.45, 7) is 3.42. The second-order valence-electron chi connectivity index (χ2n) is 6.13. The third kappa shape index (κ3) is 5.37. The van der Waals surface area contributed by atoms with E-state index in [9.17, 15) is 18.0 Å². The number of carbonyl (C=O) groups is 2. The van der Waals surface area contributed by atoms with Gasteiger partial charge in [-0.15, -0.1) is 0 Å². The van der Waals surface area contributed by atoms with E-state index in [2.05, 4.69) is 15.6 Å². The molecule has 2 atom stereocenters. The molecule has 0 bridgehead atoms. The van der Waals surface area contributed by atoms with Crippen LogP contribution in [-0.2, 0) is 19.4 Å². The van der Waals surface area contributed by atoms with Crippen LogP contribution in [0.15, 0.2) is 59.8 Å². The zero-order valence-corrected chi connectivity index (χ0v) is 16.1. The van der Waals surface area contributed by atoms with Crippen molar-refractivity contribution in [2.45, 2.75) is 36.5 Å². The van der Waals surface area contributed by atoms with Gasteiger partial charge >= 0.3 is 11.8 Å². The molecule has 0 aliphatic carbocycles. The van der Waals surface area contributed by atoms with Gasteiger partial charge in [-0.25, -0.2) is 8.42 Å². The Hall–Kier alpha value is -2.74. The fraction of sp³-hybridized carbons (Fsp3) is 0.316. The van der Waals surface area contributed by atoms with Gasteiger partial charge in [-0.1, -0.05) is 31.2 Å². The lowest BCUT2D eigenvalue weighted by Gasteiger charge is -2.19. The zero-order valence-electron chi connectivity index (χ0n) is 15.3. The van der Waals surface area contributed by atoms with Crippen molar-refractivity contribution in [3.8, 4) is 0 Å². The number of hydrogen-bond donors (Lipinski definition) is 2. The molecule has 144 valence electrons. The molecule has 0 aliphatic rings. The summed E-state index contributed by atoms with van der Waals surface area (Å²) in [5, 5.41) is 3.92. The number of carbonyl (C=O) groups excluding carboxylic acids is 2. The summed E-state index contributed by atoms with van der Waals surface area (Å²) in [5.74, 6) is -1.65. The number of aromatic nitrogens is 1. The van der Waals surface area contributed by atoms with Gasteiger partial charge in [-0.2, -0.15) is 0 Å². The van der Waals surface area contributed by atoms with Gasteiger partial charge in [0.1, 0.15) is 5.25 Å². The van der Waals surface area contributed by atoms with Crippen molar-refractivity contribution in [3.63, 3.8) is 0 Å². The van der Waals surface area contributed by atoms with Gasteiger partial charge in [0.05, 0.1) is 4.90 Å². The van der Waals surface area contributed by atoms with Crippen molar-refractivity contribution in [1.29, 1.82) is 0 Å². The lowest BCUT2D eigenvalue weighted by molar-refractivity contribution is -0.139. The number of nitrogens with one attached hydrogen (secondary N) is 2. The van der Waals surface area contributed by atoms with Gasteiger partial charge in [0.2, 0.25) is 0 Å². The molecule has 2 amide bonds. The average Bonchev–Trinajstić information content (AvgIpc) is 2.69. The largest absolute Gasteiger partial charge is 0.346 e. The van der Waals surface area contributed by atoms with E-state index in [1.54, 1.807) is 37.3 Å². The van der Waals surface area contributed by atoms with Gasteiger partial charge in [0.15, 0.2) is 9.84 Å². The maximum Gasteiger partial charge on any atom is 0.309 e. The quantitative estimate of drug-likeness (QED) is 0.700. The zero-order chi connectivity index (χ0) is 19.9. The molecule has 0 radical (unpaired) electrons. The maximum atomic E-state index is 13.1. The van der Waals surface area contributed by atoms with Crippen LogP contribution in [0.2, 0.25) is 0 Å². The number of amides is 2. The molecule has 0 saturated heterocycles. The molecule has 0 aliphatic heterocycles. The topological polar surface area (TPSA) is 105 Å². The molecule has 0 saturated carbocycles. The van der Waals surface area contributed by atoms with E-state index in [0.29, 0.717) is 12.0 Å². The molecule has 1 aromatic heterocycles. The number of rotatable bonds is 7. The molecule has 2 rings (SSSR count). The van der Waals surface area contributed by atoms with E-state index < -0.39 is 26.9 Å². The van der Waals surface area contributed by atoms with E-state index in [0.717, 1.165) is 0 Å². The summed E-state index contributed by atoms with van der Waals surface area (Å²) >= 11 is 0. The van der Waals surface area contributed by atoms with Crippen LogP contribution in [0.5, 0.6) is 0 Å². The molecule has 7 nitrogen and oxygen atoms in total. The van der Waals surface area contributed by atoms with Crippen LogP contribution in [0.1, 0.15) is 31.1 Å². The monoisotopic (exact) mass is 389 g/mol. The number of hydrogen-bond acceptors (Lipinski definition) is 5. The molecule has 27 heavy (non-hydrogen) atoms. The molecule has 1 aromatic carbocycles. The molecule has 0 spiro atoms. The standard InChI is InChI=1S/C19H23N3O4S/c1-3-14(2)22-19(24)18(23)21-13-17(15-8-7-11-20-12-15)27(25,26)16-9-5-4-6-10-16/h4-12,14,17H,3,13H2,1-2H3,(H,21,23)(H,22,24)/t14-,17-/m1/s1. The third-order valence-electron chi connectivity index (χ3n) is 4.15. The molecule has 2 N–H and O–H groups in total. The summed E-state index contributed by atoms with van der Waals surface area (Å²) in [5.41, 5.74) is 0.434. The van der Waals surface area contributed by atoms with Crippen molar-refractivity contribution >= 4 is 21.7 Å².